The number of aliphatic imine (C=N–C) groups is 1. The molecule has 0 bridgehead atoms. The Morgan fingerprint density at radius 1 is 0.737 bits per heavy atom. The maximum atomic E-state index is 12.8. The SMILES string of the molecule is CC(C)C(NC(=O)C1CC1)C(=O)NCCCCc1ncc(-c2ccc(Oc3ccc(-c4cnc(CCCCNC(=O)C5N=C(C6CC6)C(C)C5C)[nH]4)cc3)cc2)[nH]1. The van der Waals surface area contributed by atoms with Gasteiger partial charge >= 0.3 is 0 Å². The predicted octanol–water partition coefficient (Wildman–Crippen LogP) is 7.19. The van der Waals surface area contributed by atoms with Crippen molar-refractivity contribution in [1.29, 1.82) is 0 Å². The predicted molar refractivity (Wildman–Crippen MR) is 222 cm³/mol. The van der Waals surface area contributed by atoms with Crippen LogP contribution in [0.15, 0.2) is 65.9 Å². The average molecular weight is 775 g/mol. The summed E-state index contributed by atoms with van der Waals surface area (Å²) in [4.78, 5) is 58.5. The zero-order valence-corrected chi connectivity index (χ0v) is 33.8. The number of aryl methyl sites for hydroxylation is 2. The van der Waals surface area contributed by atoms with Gasteiger partial charge in [0.15, 0.2) is 0 Å². The first-order valence-corrected chi connectivity index (χ1v) is 21.0. The van der Waals surface area contributed by atoms with Crippen LogP contribution in [0.4, 0.5) is 0 Å². The van der Waals surface area contributed by atoms with E-state index in [0.29, 0.717) is 24.9 Å². The van der Waals surface area contributed by atoms with Crippen LogP contribution in [0.3, 0.4) is 0 Å². The van der Waals surface area contributed by atoms with Gasteiger partial charge in [-0.25, -0.2) is 9.97 Å². The van der Waals surface area contributed by atoms with Crippen LogP contribution >= 0.6 is 0 Å². The normalized spacial score (nSPS) is 19.6. The van der Waals surface area contributed by atoms with Crippen molar-refractivity contribution < 1.29 is 19.1 Å². The van der Waals surface area contributed by atoms with Crippen molar-refractivity contribution in [3.63, 3.8) is 0 Å². The average Bonchev–Trinajstić information content (AvgIpc) is 4.12. The number of carbonyl (C=O) groups is 3. The van der Waals surface area contributed by atoms with Crippen LogP contribution in [0, 0.1) is 29.6 Å². The Labute approximate surface area is 335 Å². The van der Waals surface area contributed by atoms with Gasteiger partial charge in [0.2, 0.25) is 17.7 Å². The lowest BCUT2D eigenvalue weighted by atomic mass is 9.88. The molecule has 0 radical (unpaired) electrons. The van der Waals surface area contributed by atoms with Crippen molar-refractivity contribution in [2.75, 3.05) is 13.1 Å². The first-order chi connectivity index (χ1) is 27.6. The van der Waals surface area contributed by atoms with E-state index < -0.39 is 6.04 Å². The van der Waals surface area contributed by atoms with Crippen molar-refractivity contribution in [2.24, 2.45) is 34.6 Å². The van der Waals surface area contributed by atoms with E-state index in [1.807, 2.05) is 74.8 Å². The number of amides is 3. The molecule has 0 saturated heterocycles. The van der Waals surface area contributed by atoms with Gasteiger partial charge in [0, 0.05) is 37.6 Å². The van der Waals surface area contributed by atoms with E-state index in [1.54, 1.807) is 0 Å². The molecule has 3 amide bonds. The molecular weight excluding hydrogens is 717 g/mol. The second kappa shape index (κ2) is 18.3. The molecule has 0 spiro atoms. The number of nitrogens with zero attached hydrogens (tertiary/aromatic N) is 3. The molecule has 12 heteroatoms. The van der Waals surface area contributed by atoms with E-state index >= 15 is 0 Å². The summed E-state index contributed by atoms with van der Waals surface area (Å²) >= 11 is 0. The molecule has 4 aromatic rings. The zero-order chi connectivity index (χ0) is 39.9. The lowest BCUT2D eigenvalue weighted by molar-refractivity contribution is -0.130. The van der Waals surface area contributed by atoms with Crippen LogP contribution in [0.25, 0.3) is 22.5 Å². The summed E-state index contributed by atoms with van der Waals surface area (Å²) in [5.41, 5.74) is 5.21. The second-order valence-corrected chi connectivity index (χ2v) is 16.6. The number of H-pyrrole nitrogens is 2. The molecule has 7 rings (SSSR count). The van der Waals surface area contributed by atoms with Crippen molar-refractivity contribution in [2.45, 2.75) is 104 Å². The van der Waals surface area contributed by atoms with Crippen LogP contribution < -0.4 is 20.7 Å². The summed E-state index contributed by atoms with van der Waals surface area (Å²) in [6, 6.07) is 15.2. The van der Waals surface area contributed by atoms with Gasteiger partial charge in [-0.05, 0) is 135 Å². The van der Waals surface area contributed by atoms with Crippen LogP contribution in [0.2, 0.25) is 0 Å². The van der Waals surface area contributed by atoms with Gasteiger partial charge in [-0.1, -0.05) is 27.7 Å². The molecule has 5 N–H and O–H groups in total. The molecule has 4 atom stereocenters. The molecule has 3 heterocycles. The van der Waals surface area contributed by atoms with Crippen LogP contribution in [-0.2, 0) is 27.2 Å². The molecule has 4 unspecified atom stereocenters. The first-order valence-electron chi connectivity index (χ1n) is 21.0. The van der Waals surface area contributed by atoms with Gasteiger partial charge in [-0.3, -0.25) is 19.4 Å². The van der Waals surface area contributed by atoms with Gasteiger partial charge in [0.25, 0.3) is 0 Å². The highest BCUT2D eigenvalue weighted by Crippen LogP contribution is 2.40. The minimum atomic E-state index is -0.494. The van der Waals surface area contributed by atoms with E-state index in [0.717, 1.165) is 97.0 Å². The van der Waals surface area contributed by atoms with E-state index in [-0.39, 0.29) is 41.5 Å². The maximum Gasteiger partial charge on any atom is 0.245 e. The molecule has 2 aromatic carbocycles. The third kappa shape index (κ3) is 10.6. The molecule has 2 fully saturated rings. The van der Waals surface area contributed by atoms with E-state index in [4.69, 9.17) is 9.73 Å². The number of ether oxygens (including phenoxy) is 1. The monoisotopic (exact) mass is 774 g/mol. The number of nitrogens with one attached hydrogen (secondary N) is 5. The number of unbranched alkanes of at least 4 members (excludes halogenated alkanes) is 2. The summed E-state index contributed by atoms with van der Waals surface area (Å²) in [6.45, 7) is 9.49. The highest BCUT2D eigenvalue weighted by molar-refractivity contribution is 5.97. The molecule has 2 aromatic heterocycles. The number of hydrogen-bond donors (Lipinski definition) is 5. The van der Waals surface area contributed by atoms with Crippen molar-refractivity contribution >= 4 is 23.4 Å². The quantitative estimate of drug-likeness (QED) is 0.0596. The van der Waals surface area contributed by atoms with Gasteiger partial charge in [-0.15, -0.1) is 0 Å². The Morgan fingerprint density at radius 2 is 1.28 bits per heavy atom. The summed E-state index contributed by atoms with van der Waals surface area (Å²) in [5, 5.41) is 9.03. The Bertz CT molecular complexity index is 2010. The highest BCUT2D eigenvalue weighted by Gasteiger charge is 2.42. The Hall–Kier alpha value is -5.26. The molecule has 2 saturated carbocycles. The van der Waals surface area contributed by atoms with Gasteiger partial charge in [0.05, 0.1) is 23.8 Å². The topological polar surface area (TPSA) is 166 Å². The van der Waals surface area contributed by atoms with Crippen molar-refractivity contribution in [3.05, 3.63) is 72.6 Å². The first kappa shape index (κ1) is 40.0. The largest absolute Gasteiger partial charge is 0.457 e. The van der Waals surface area contributed by atoms with E-state index in [2.05, 4.69) is 49.7 Å². The summed E-state index contributed by atoms with van der Waals surface area (Å²) < 4.78 is 6.14. The third-order valence-electron chi connectivity index (χ3n) is 11.6. The van der Waals surface area contributed by atoms with Crippen molar-refractivity contribution in [1.82, 2.24) is 35.9 Å². The van der Waals surface area contributed by atoms with Crippen LogP contribution in [0.5, 0.6) is 11.5 Å². The molecule has 57 heavy (non-hydrogen) atoms. The van der Waals surface area contributed by atoms with Crippen LogP contribution in [-0.4, -0.2) is 68.5 Å². The van der Waals surface area contributed by atoms with Crippen LogP contribution in [0.1, 0.15) is 90.7 Å². The zero-order valence-electron chi connectivity index (χ0n) is 33.8. The Morgan fingerprint density at radius 3 is 1.79 bits per heavy atom. The number of aromatic nitrogens is 4. The number of imidazole rings is 2. The lowest BCUT2D eigenvalue weighted by Gasteiger charge is -2.21. The fourth-order valence-electron chi connectivity index (χ4n) is 7.53. The number of rotatable bonds is 20. The minimum Gasteiger partial charge on any atom is -0.457 e. The molecule has 1 aliphatic heterocycles. The molecule has 3 aliphatic rings. The summed E-state index contributed by atoms with van der Waals surface area (Å²) in [7, 11) is 0. The van der Waals surface area contributed by atoms with E-state index in [1.165, 1.54) is 18.6 Å². The van der Waals surface area contributed by atoms with Gasteiger partial charge in [-0.2, -0.15) is 0 Å². The van der Waals surface area contributed by atoms with Gasteiger partial charge < -0.3 is 30.7 Å². The smallest absolute Gasteiger partial charge is 0.245 e. The van der Waals surface area contributed by atoms with Gasteiger partial charge in [0.1, 0.15) is 35.2 Å². The lowest BCUT2D eigenvalue weighted by Crippen LogP contribution is -2.50. The van der Waals surface area contributed by atoms with E-state index in [9.17, 15) is 14.4 Å². The number of aromatic amines is 2. The highest BCUT2D eigenvalue weighted by atomic mass is 16.5. The maximum absolute atomic E-state index is 12.8. The third-order valence-corrected chi connectivity index (χ3v) is 11.6. The standard InChI is InChI=1S/C45H58N8O4/c1-27(2)40(53-43(54)33-13-14-33)44(55)46-23-7-5-9-38-48-25-36(50-38)30-15-19-34(20-16-30)57-35-21-17-31(18-22-35)37-26-49-39(51-37)10-6-8-24-47-45(56)42-29(4)28(3)41(52-42)32-11-12-32/h15-22,25-29,32-33,40,42H,5-14,23-24H2,1-4H3,(H,46,55)(H,47,56)(H,48,50)(H,49,51)(H,53,54). The minimum absolute atomic E-state index is 0.00431. The fourth-order valence-corrected chi connectivity index (χ4v) is 7.53. The number of benzene rings is 2. The summed E-state index contributed by atoms with van der Waals surface area (Å²) in [5.74, 6) is 4.68. The molecule has 2 aliphatic carbocycles. The second-order valence-electron chi connectivity index (χ2n) is 16.6. The summed E-state index contributed by atoms with van der Waals surface area (Å²) in [6.07, 6.45) is 13.1. The number of hydrogen-bond acceptors (Lipinski definition) is 7. The Kier molecular flexibility index (Phi) is 12.9. The molecule has 12 nitrogen and oxygen atoms in total. The Balaban J connectivity index is 0.793. The number of carbonyl (C=O) groups excluding carboxylic acids is 3. The van der Waals surface area contributed by atoms with Crippen molar-refractivity contribution in [3.8, 4) is 34.0 Å². The molecule has 302 valence electrons. The fraction of sp³-hybridized carbons (Fsp3) is 0.511. The molecular formula is C45H58N8O4.